The van der Waals surface area contributed by atoms with Crippen LogP contribution in [0.5, 0.6) is 11.5 Å². The number of aryl methyl sites for hydroxylation is 1. The number of methoxy groups -OCH3 is 2. The van der Waals surface area contributed by atoms with E-state index in [9.17, 15) is 9.59 Å². The first-order chi connectivity index (χ1) is 13.9. The van der Waals surface area contributed by atoms with E-state index in [0.29, 0.717) is 22.9 Å². The maximum absolute atomic E-state index is 12.8. The Morgan fingerprint density at radius 2 is 1.62 bits per heavy atom. The van der Waals surface area contributed by atoms with Crippen LogP contribution in [0.2, 0.25) is 0 Å². The van der Waals surface area contributed by atoms with Crippen LogP contribution in [0, 0.1) is 6.92 Å². The summed E-state index contributed by atoms with van der Waals surface area (Å²) < 4.78 is 11.6. The summed E-state index contributed by atoms with van der Waals surface area (Å²) in [6, 6.07) is 15.1. The number of rotatable bonds is 6. The van der Waals surface area contributed by atoms with Crippen LogP contribution in [-0.4, -0.2) is 29.9 Å². The van der Waals surface area contributed by atoms with E-state index >= 15 is 0 Å². The van der Waals surface area contributed by atoms with Crippen LogP contribution >= 0.6 is 0 Å². The van der Waals surface area contributed by atoms with Gasteiger partial charge in [-0.1, -0.05) is 29.8 Å². The molecule has 0 aliphatic carbocycles. The average molecular weight is 393 g/mol. The largest absolute Gasteiger partial charge is 0.497 e. The molecule has 7 heteroatoms. The number of carbonyl (C=O) groups is 1. The number of aromatic nitrogens is 2. The molecule has 0 saturated heterocycles. The molecule has 1 aromatic heterocycles. The second-order valence-corrected chi connectivity index (χ2v) is 6.63. The predicted molar refractivity (Wildman–Crippen MR) is 112 cm³/mol. The fourth-order valence-electron chi connectivity index (χ4n) is 2.82. The van der Waals surface area contributed by atoms with Crippen LogP contribution in [0.25, 0.3) is 11.3 Å². The fraction of sp³-hybridized carbons (Fsp3) is 0.227. The van der Waals surface area contributed by atoms with Gasteiger partial charge in [0.1, 0.15) is 17.5 Å². The van der Waals surface area contributed by atoms with E-state index in [4.69, 9.17) is 9.47 Å². The Bertz CT molecular complexity index is 1050. The van der Waals surface area contributed by atoms with Gasteiger partial charge >= 0.3 is 0 Å². The molecule has 3 rings (SSSR count). The van der Waals surface area contributed by atoms with Gasteiger partial charge in [0.05, 0.1) is 19.9 Å². The summed E-state index contributed by atoms with van der Waals surface area (Å²) in [7, 11) is 3.06. The Hall–Kier alpha value is -3.61. The topological polar surface area (TPSA) is 82.5 Å². The van der Waals surface area contributed by atoms with Crippen molar-refractivity contribution in [2.45, 2.75) is 19.9 Å². The molecule has 0 bridgehead atoms. The van der Waals surface area contributed by atoms with E-state index in [-0.39, 0.29) is 11.5 Å². The van der Waals surface area contributed by atoms with Gasteiger partial charge in [-0.3, -0.25) is 9.59 Å². The highest BCUT2D eigenvalue weighted by Crippen LogP contribution is 2.26. The lowest BCUT2D eigenvalue weighted by molar-refractivity contribution is -0.119. The molecule has 29 heavy (non-hydrogen) atoms. The van der Waals surface area contributed by atoms with Gasteiger partial charge in [0.15, 0.2) is 0 Å². The van der Waals surface area contributed by atoms with Gasteiger partial charge in [-0.25, -0.2) is 4.68 Å². The normalized spacial score (nSPS) is 11.6. The lowest BCUT2D eigenvalue weighted by Crippen LogP contribution is -2.33. The summed E-state index contributed by atoms with van der Waals surface area (Å²) in [5.74, 6) is 0.712. The van der Waals surface area contributed by atoms with Gasteiger partial charge in [0.2, 0.25) is 5.91 Å². The monoisotopic (exact) mass is 393 g/mol. The standard InChI is InChI=1S/C22H23N3O4/c1-14-5-7-16(8-6-14)20-9-10-21(26)25(24-20)15(2)22(27)23-17-11-18(28-3)13-19(12-17)29-4/h5-13,15H,1-4H3,(H,23,27)/t15-/m0/s1. The van der Waals surface area contributed by atoms with Crippen molar-refractivity contribution < 1.29 is 14.3 Å². The number of benzene rings is 2. The van der Waals surface area contributed by atoms with Gasteiger partial charge < -0.3 is 14.8 Å². The van der Waals surface area contributed by atoms with Crippen molar-refractivity contribution in [2.75, 3.05) is 19.5 Å². The third-order valence-electron chi connectivity index (χ3n) is 4.54. The van der Waals surface area contributed by atoms with Crippen LogP contribution in [0.3, 0.4) is 0 Å². The molecular weight excluding hydrogens is 370 g/mol. The first kappa shape index (κ1) is 20.1. The van der Waals surface area contributed by atoms with Crippen LogP contribution in [0.15, 0.2) is 59.4 Å². The van der Waals surface area contributed by atoms with Crippen molar-refractivity contribution in [1.29, 1.82) is 0 Å². The molecule has 3 aromatic rings. The molecule has 150 valence electrons. The molecule has 0 radical (unpaired) electrons. The maximum Gasteiger partial charge on any atom is 0.267 e. The van der Waals surface area contributed by atoms with E-state index in [2.05, 4.69) is 10.4 Å². The first-order valence-electron chi connectivity index (χ1n) is 9.12. The second kappa shape index (κ2) is 8.60. The van der Waals surface area contributed by atoms with Crippen molar-refractivity contribution >= 4 is 11.6 Å². The first-order valence-corrected chi connectivity index (χ1v) is 9.12. The molecular formula is C22H23N3O4. The quantitative estimate of drug-likeness (QED) is 0.694. The van der Waals surface area contributed by atoms with E-state index in [0.717, 1.165) is 11.1 Å². The van der Waals surface area contributed by atoms with Crippen molar-refractivity contribution in [3.63, 3.8) is 0 Å². The summed E-state index contributed by atoms with van der Waals surface area (Å²) in [4.78, 5) is 25.1. The zero-order chi connectivity index (χ0) is 21.0. The number of carbonyl (C=O) groups excluding carboxylic acids is 1. The number of hydrogen-bond acceptors (Lipinski definition) is 5. The minimum absolute atomic E-state index is 0.355. The Labute approximate surface area is 168 Å². The van der Waals surface area contributed by atoms with Crippen molar-refractivity contribution in [1.82, 2.24) is 9.78 Å². The van der Waals surface area contributed by atoms with Gasteiger partial charge in [0, 0.05) is 35.5 Å². The Morgan fingerprint density at radius 3 is 2.21 bits per heavy atom. The summed E-state index contributed by atoms with van der Waals surface area (Å²) in [6.07, 6.45) is 0. The minimum atomic E-state index is -0.815. The van der Waals surface area contributed by atoms with Crippen LogP contribution in [0.1, 0.15) is 18.5 Å². The van der Waals surface area contributed by atoms with Gasteiger partial charge in [-0.05, 0) is 19.9 Å². The number of amides is 1. The minimum Gasteiger partial charge on any atom is -0.497 e. The van der Waals surface area contributed by atoms with E-state index in [1.807, 2.05) is 31.2 Å². The highest BCUT2D eigenvalue weighted by molar-refractivity contribution is 5.93. The predicted octanol–water partition coefficient (Wildman–Crippen LogP) is 3.44. The molecule has 1 heterocycles. The Kier molecular flexibility index (Phi) is 5.97. The summed E-state index contributed by atoms with van der Waals surface area (Å²) in [5, 5.41) is 7.18. The highest BCUT2D eigenvalue weighted by Gasteiger charge is 2.19. The Morgan fingerprint density at radius 1 is 1.00 bits per heavy atom. The number of ether oxygens (including phenoxy) is 2. The maximum atomic E-state index is 12.8. The number of anilines is 1. The average Bonchev–Trinajstić information content (AvgIpc) is 2.73. The van der Waals surface area contributed by atoms with Crippen LogP contribution < -0.4 is 20.3 Å². The smallest absolute Gasteiger partial charge is 0.267 e. The third kappa shape index (κ3) is 4.63. The van der Waals surface area contributed by atoms with Gasteiger partial charge in [-0.2, -0.15) is 5.10 Å². The molecule has 0 aliphatic rings. The summed E-state index contributed by atoms with van der Waals surface area (Å²) in [5.41, 5.74) is 2.76. The lowest BCUT2D eigenvalue weighted by Gasteiger charge is -2.16. The molecule has 0 saturated carbocycles. The molecule has 2 aromatic carbocycles. The third-order valence-corrected chi connectivity index (χ3v) is 4.54. The van der Waals surface area contributed by atoms with Crippen molar-refractivity contribution in [2.24, 2.45) is 0 Å². The van der Waals surface area contributed by atoms with E-state index in [1.165, 1.54) is 25.0 Å². The number of nitrogens with one attached hydrogen (secondary N) is 1. The van der Waals surface area contributed by atoms with Crippen LogP contribution in [0.4, 0.5) is 5.69 Å². The van der Waals surface area contributed by atoms with Crippen molar-refractivity contribution in [3.8, 4) is 22.8 Å². The van der Waals surface area contributed by atoms with E-state index in [1.54, 1.807) is 31.2 Å². The van der Waals surface area contributed by atoms with Crippen molar-refractivity contribution in [3.05, 3.63) is 70.5 Å². The Balaban J connectivity index is 1.87. The molecule has 0 aliphatic heterocycles. The molecule has 0 fully saturated rings. The summed E-state index contributed by atoms with van der Waals surface area (Å²) >= 11 is 0. The van der Waals surface area contributed by atoms with E-state index < -0.39 is 6.04 Å². The molecule has 0 unspecified atom stereocenters. The van der Waals surface area contributed by atoms with Gasteiger partial charge in [-0.15, -0.1) is 0 Å². The molecule has 1 N–H and O–H groups in total. The number of hydrogen-bond donors (Lipinski definition) is 1. The number of nitrogens with zero attached hydrogens (tertiary/aromatic N) is 2. The molecule has 0 spiro atoms. The lowest BCUT2D eigenvalue weighted by atomic mass is 10.1. The second-order valence-electron chi connectivity index (χ2n) is 6.63. The molecule has 1 amide bonds. The molecule has 7 nitrogen and oxygen atoms in total. The van der Waals surface area contributed by atoms with Crippen LogP contribution in [-0.2, 0) is 4.79 Å². The fourth-order valence-corrected chi connectivity index (χ4v) is 2.82. The SMILES string of the molecule is COc1cc(NC(=O)[C@H](C)n2nc(-c3ccc(C)cc3)ccc2=O)cc(OC)c1. The zero-order valence-electron chi connectivity index (χ0n) is 16.8. The summed E-state index contributed by atoms with van der Waals surface area (Å²) in [6.45, 7) is 3.62. The highest BCUT2D eigenvalue weighted by atomic mass is 16.5. The van der Waals surface area contributed by atoms with Gasteiger partial charge in [0.25, 0.3) is 5.56 Å². The molecule has 1 atom stereocenters. The zero-order valence-corrected chi connectivity index (χ0v) is 16.8.